The number of carbonyl (C=O) groups excluding carboxylic acids is 1. The SMILES string of the molecule is CCNC(=NCc1ccc(C(F)(F)F)cc1)NCCN1CCN(C(C)=O)CC1.I. The first-order chi connectivity index (χ1) is 13.3. The first-order valence-electron chi connectivity index (χ1n) is 9.45. The highest BCUT2D eigenvalue weighted by Gasteiger charge is 2.29. The number of hydrogen-bond acceptors (Lipinski definition) is 3. The van der Waals surface area contributed by atoms with E-state index < -0.39 is 11.7 Å². The summed E-state index contributed by atoms with van der Waals surface area (Å²) in [6.07, 6.45) is -4.33. The Kier molecular flexibility index (Phi) is 10.7. The fourth-order valence-electron chi connectivity index (χ4n) is 2.93. The van der Waals surface area contributed by atoms with E-state index >= 15 is 0 Å². The van der Waals surface area contributed by atoms with Crippen LogP contribution in [0.4, 0.5) is 13.2 Å². The van der Waals surface area contributed by atoms with Gasteiger partial charge in [0.1, 0.15) is 0 Å². The molecule has 1 aromatic rings. The fourth-order valence-corrected chi connectivity index (χ4v) is 2.93. The summed E-state index contributed by atoms with van der Waals surface area (Å²) in [5, 5.41) is 6.38. The van der Waals surface area contributed by atoms with E-state index in [4.69, 9.17) is 0 Å². The van der Waals surface area contributed by atoms with E-state index in [1.807, 2.05) is 11.8 Å². The van der Waals surface area contributed by atoms with Crippen LogP contribution in [-0.4, -0.2) is 67.5 Å². The zero-order valence-corrected chi connectivity index (χ0v) is 19.1. The van der Waals surface area contributed by atoms with Gasteiger partial charge >= 0.3 is 6.18 Å². The Morgan fingerprint density at radius 1 is 1.10 bits per heavy atom. The number of hydrogen-bond donors (Lipinski definition) is 2. The molecule has 0 saturated carbocycles. The molecule has 1 aromatic carbocycles. The van der Waals surface area contributed by atoms with Crippen molar-refractivity contribution in [3.63, 3.8) is 0 Å². The summed E-state index contributed by atoms with van der Waals surface area (Å²) in [6, 6.07) is 5.05. The molecule has 0 radical (unpaired) electrons. The molecule has 0 atom stereocenters. The van der Waals surface area contributed by atoms with Gasteiger partial charge in [0.05, 0.1) is 12.1 Å². The van der Waals surface area contributed by atoms with Crippen LogP contribution in [0.25, 0.3) is 0 Å². The number of nitrogens with zero attached hydrogens (tertiary/aromatic N) is 3. The van der Waals surface area contributed by atoms with Gasteiger partial charge in [-0.1, -0.05) is 12.1 Å². The van der Waals surface area contributed by atoms with E-state index in [9.17, 15) is 18.0 Å². The van der Waals surface area contributed by atoms with Gasteiger partial charge in [-0.15, -0.1) is 24.0 Å². The predicted molar refractivity (Wildman–Crippen MR) is 118 cm³/mol. The highest BCUT2D eigenvalue weighted by Crippen LogP contribution is 2.29. The quantitative estimate of drug-likeness (QED) is 0.340. The third kappa shape index (κ3) is 8.77. The molecule has 29 heavy (non-hydrogen) atoms. The van der Waals surface area contributed by atoms with Gasteiger partial charge in [-0.05, 0) is 24.6 Å². The van der Waals surface area contributed by atoms with Crippen LogP contribution in [0.1, 0.15) is 25.0 Å². The average Bonchev–Trinajstić information content (AvgIpc) is 2.66. The van der Waals surface area contributed by atoms with E-state index in [1.54, 1.807) is 6.92 Å². The summed E-state index contributed by atoms with van der Waals surface area (Å²) >= 11 is 0. The minimum absolute atomic E-state index is 0. The molecule has 0 aromatic heterocycles. The van der Waals surface area contributed by atoms with Gasteiger partial charge in [0.15, 0.2) is 5.96 Å². The Bertz CT molecular complexity index is 659. The first-order valence-corrected chi connectivity index (χ1v) is 9.45. The monoisotopic (exact) mass is 527 g/mol. The van der Waals surface area contributed by atoms with Gasteiger partial charge in [-0.3, -0.25) is 9.69 Å². The number of piperazine rings is 1. The number of amides is 1. The minimum Gasteiger partial charge on any atom is -0.357 e. The van der Waals surface area contributed by atoms with Gasteiger partial charge in [-0.25, -0.2) is 4.99 Å². The number of nitrogens with one attached hydrogen (secondary N) is 2. The molecular weight excluding hydrogens is 498 g/mol. The van der Waals surface area contributed by atoms with Gasteiger partial charge in [-0.2, -0.15) is 13.2 Å². The van der Waals surface area contributed by atoms with Crippen LogP contribution in [0, 0.1) is 0 Å². The van der Waals surface area contributed by atoms with Crippen LogP contribution in [0.3, 0.4) is 0 Å². The molecule has 6 nitrogen and oxygen atoms in total. The maximum Gasteiger partial charge on any atom is 0.416 e. The number of halogens is 4. The molecule has 0 unspecified atom stereocenters. The molecule has 164 valence electrons. The van der Waals surface area contributed by atoms with E-state index in [0.29, 0.717) is 31.2 Å². The Hall–Kier alpha value is -1.56. The Morgan fingerprint density at radius 3 is 2.24 bits per heavy atom. The van der Waals surface area contributed by atoms with E-state index in [0.717, 1.165) is 44.9 Å². The number of alkyl halides is 3. The first kappa shape index (κ1) is 25.5. The fraction of sp³-hybridized carbons (Fsp3) is 0.579. The number of carbonyl (C=O) groups is 1. The summed E-state index contributed by atoms with van der Waals surface area (Å²) in [5.74, 6) is 0.743. The van der Waals surface area contributed by atoms with E-state index in [-0.39, 0.29) is 29.9 Å². The maximum absolute atomic E-state index is 12.6. The third-order valence-corrected chi connectivity index (χ3v) is 4.58. The van der Waals surface area contributed by atoms with Crippen LogP contribution < -0.4 is 10.6 Å². The number of aliphatic imine (C=N–C) groups is 1. The number of guanidine groups is 1. The maximum atomic E-state index is 12.6. The lowest BCUT2D eigenvalue weighted by molar-refractivity contribution is -0.137. The van der Waals surface area contributed by atoms with Crippen molar-refractivity contribution in [3.05, 3.63) is 35.4 Å². The summed E-state index contributed by atoms with van der Waals surface area (Å²) < 4.78 is 37.9. The molecule has 2 N–H and O–H groups in total. The molecule has 1 heterocycles. The van der Waals surface area contributed by atoms with Gasteiger partial charge < -0.3 is 15.5 Å². The molecular formula is C19H29F3IN5O. The van der Waals surface area contributed by atoms with E-state index in [1.165, 1.54) is 12.1 Å². The van der Waals surface area contributed by atoms with Gasteiger partial charge in [0.2, 0.25) is 5.91 Å². The van der Waals surface area contributed by atoms with Crippen molar-refractivity contribution in [3.8, 4) is 0 Å². The molecule has 0 spiro atoms. The normalized spacial score (nSPS) is 15.6. The minimum atomic E-state index is -4.33. The van der Waals surface area contributed by atoms with Crippen LogP contribution >= 0.6 is 24.0 Å². The lowest BCUT2D eigenvalue weighted by Gasteiger charge is -2.34. The zero-order valence-electron chi connectivity index (χ0n) is 16.8. The summed E-state index contributed by atoms with van der Waals surface area (Å²) in [5.41, 5.74) is 0.0562. The smallest absolute Gasteiger partial charge is 0.357 e. The third-order valence-electron chi connectivity index (χ3n) is 4.58. The lowest BCUT2D eigenvalue weighted by atomic mass is 10.1. The number of benzene rings is 1. The molecule has 10 heteroatoms. The van der Waals surface area contributed by atoms with Crippen molar-refractivity contribution in [2.24, 2.45) is 4.99 Å². The highest BCUT2D eigenvalue weighted by atomic mass is 127. The topological polar surface area (TPSA) is 60.0 Å². The molecule has 1 fully saturated rings. The van der Waals surface area contributed by atoms with Crippen LogP contribution in [0.5, 0.6) is 0 Å². The van der Waals surface area contributed by atoms with Crippen molar-refractivity contribution >= 4 is 35.8 Å². The van der Waals surface area contributed by atoms with Crippen molar-refractivity contribution in [2.75, 3.05) is 45.8 Å². The highest BCUT2D eigenvalue weighted by molar-refractivity contribution is 14.0. The van der Waals surface area contributed by atoms with E-state index in [2.05, 4.69) is 20.5 Å². The molecule has 2 rings (SSSR count). The number of rotatable bonds is 6. The summed E-state index contributed by atoms with van der Waals surface area (Å²) in [7, 11) is 0. The van der Waals surface area contributed by atoms with Crippen molar-refractivity contribution in [1.82, 2.24) is 20.4 Å². The second-order valence-corrected chi connectivity index (χ2v) is 6.66. The molecule has 1 amide bonds. The Morgan fingerprint density at radius 2 is 1.72 bits per heavy atom. The van der Waals surface area contributed by atoms with Crippen molar-refractivity contribution in [2.45, 2.75) is 26.6 Å². The molecule has 1 aliphatic heterocycles. The lowest BCUT2D eigenvalue weighted by Crippen LogP contribution is -2.50. The summed E-state index contributed by atoms with van der Waals surface area (Å²) in [6.45, 7) is 9.25. The second-order valence-electron chi connectivity index (χ2n) is 6.66. The van der Waals surface area contributed by atoms with Crippen LogP contribution in [0.15, 0.2) is 29.3 Å². The van der Waals surface area contributed by atoms with Crippen LogP contribution in [0.2, 0.25) is 0 Å². The Labute approximate surface area is 186 Å². The largest absolute Gasteiger partial charge is 0.416 e. The van der Waals surface area contributed by atoms with Gasteiger partial charge in [0, 0.05) is 52.7 Å². The predicted octanol–water partition coefficient (Wildman–Crippen LogP) is 2.54. The molecule has 0 bridgehead atoms. The van der Waals surface area contributed by atoms with Gasteiger partial charge in [0.25, 0.3) is 0 Å². The Balaban J connectivity index is 0.00000420. The average molecular weight is 527 g/mol. The van der Waals surface area contributed by atoms with Crippen molar-refractivity contribution < 1.29 is 18.0 Å². The van der Waals surface area contributed by atoms with Crippen LogP contribution in [-0.2, 0) is 17.5 Å². The molecule has 1 aliphatic rings. The van der Waals surface area contributed by atoms with Crippen molar-refractivity contribution in [1.29, 1.82) is 0 Å². The molecule has 0 aliphatic carbocycles. The standard InChI is InChI=1S/C19H28F3N5O.HI/c1-3-23-18(24-8-9-26-10-12-27(13-11-26)15(2)28)25-14-16-4-6-17(7-5-16)19(20,21)22;/h4-7H,3,8-14H2,1-2H3,(H2,23,24,25);1H. The summed E-state index contributed by atoms with van der Waals surface area (Å²) in [4.78, 5) is 19.9. The zero-order chi connectivity index (χ0) is 20.6. The second kappa shape index (κ2) is 12.2. The molecule has 1 saturated heterocycles.